The first kappa shape index (κ1) is 16.0. The second-order valence-corrected chi connectivity index (χ2v) is 7.83. The number of aromatic nitrogens is 3. The maximum atomic E-state index is 5.41. The lowest BCUT2D eigenvalue weighted by atomic mass is 9.97. The average molecular weight is 367 g/mol. The molecule has 4 heterocycles. The molecule has 1 aliphatic carbocycles. The van der Waals surface area contributed by atoms with Crippen LogP contribution in [-0.4, -0.2) is 41.3 Å². The summed E-state index contributed by atoms with van der Waals surface area (Å²) in [4.78, 5) is 18.5. The second-order valence-electron chi connectivity index (χ2n) is 6.74. The minimum Gasteiger partial charge on any atom is -0.378 e. The van der Waals surface area contributed by atoms with Crippen LogP contribution >= 0.6 is 11.3 Å². The van der Waals surface area contributed by atoms with E-state index >= 15 is 0 Å². The van der Waals surface area contributed by atoms with Crippen molar-refractivity contribution < 1.29 is 4.74 Å². The number of anilines is 3. The van der Waals surface area contributed by atoms with Crippen LogP contribution < -0.4 is 10.2 Å². The topological polar surface area (TPSA) is 63.2 Å². The highest BCUT2D eigenvalue weighted by Crippen LogP contribution is 2.38. The molecule has 0 spiro atoms. The number of hydrogen-bond acceptors (Lipinski definition) is 7. The summed E-state index contributed by atoms with van der Waals surface area (Å²) < 4.78 is 5.41. The maximum Gasteiger partial charge on any atom is 0.142 e. The number of rotatable bonds is 3. The summed E-state index contributed by atoms with van der Waals surface area (Å²) in [7, 11) is 0. The molecule has 1 N–H and O–H groups in total. The molecular weight excluding hydrogens is 346 g/mol. The molecule has 0 bridgehead atoms. The first-order valence-corrected chi connectivity index (χ1v) is 10.0. The third-order valence-electron chi connectivity index (χ3n) is 5.10. The molecule has 0 radical (unpaired) electrons. The Morgan fingerprint density at radius 2 is 1.92 bits per heavy atom. The van der Waals surface area contributed by atoms with Crippen LogP contribution in [0, 0.1) is 0 Å². The van der Waals surface area contributed by atoms with E-state index in [0.717, 1.165) is 54.9 Å². The highest BCUT2D eigenvalue weighted by molar-refractivity contribution is 7.19. The van der Waals surface area contributed by atoms with Crippen molar-refractivity contribution in [3.63, 3.8) is 0 Å². The molecule has 0 atom stereocenters. The molecule has 1 aliphatic heterocycles. The van der Waals surface area contributed by atoms with Crippen LogP contribution in [0.3, 0.4) is 0 Å². The van der Waals surface area contributed by atoms with Gasteiger partial charge in [-0.1, -0.05) is 0 Å². The first-order valence-electron chi connectivity index (χ1n) is 9.19. The highest BCUT2D eigenvalue weighted by Gasteiger charge is 2.20. The van der Waals surface area contributed by atoms with E-state index < -0.39 is 0 Å². The van der Waals surface area contributed by atoms with Crippen molar-refractivity contribution in [1.29, 1.82) is 0 Å². The molecule has 6 nitrogen and oxygen atoms in total. The van der Waals surface area contributed by atoms with E-state index in [9.17, 15) is 0 Å². The zero-order chi connectivity index (χ0) is 17.3. The number of fused-ring (bicyclic) bond motifs is 3. The van der Waals surface area contributed by atoms with Crippen LogP contribution in [0.5, 0.6) is 0 Å². The Bertz CT molecular complexity index is 918. The fourth-order valence-corrected chi connectivity index (χ4v) is 4.99. The van der Waals surface area contributed by atoms with Gasteiger partial charge in [-0.3, -0.25) is 0 Å². The molecule has 0 saturated carbocycles. The Balaban J connectivity index is 1.43. The summed E-state index contributed by atoms with van der Waals surface area (Å²) in [5, 5.41) is 4.66. The van der Waals surface area contributed by atoms with Gasteiger partial charge >= 0.3 is 0 Å². The summed E-state index contributed by atoms with van der Waals surface area (Å²) in [6, 6.07) is 4.14. The standard InChI is InChI=1S/C19H21N5OS/c1-2-4-15-14(3-1)17-18(21-12-22-19(17)26-15)23-13-5-6-16(20-11-13)24-7-9-25-10-8-24/h5-6,11-12H,1-4,7-10H2,(H,21,22,23). The van der Waals surface area contributed by atoms with Crippen molar-refractivity contribution in [2.24, 2.45) is 0 Å². The smallest absolute Gasteiger partial charge is 0.142 e. The van der Waals surface area contributed by atoms with Gasteiger partial charge in [0.15, 0.2) is 0 Å². The molecule has 26 heavy (non-hydrogen) atoms. The van der Waals surface area contributed by atoms with Gasteiger partial charge in [-0.05, 0) is 43.4 Å². The van der Waals surface area contributed by atoms with Gasteiger partial charge in [-0.15, -0.1) is 11.3 Å². The van der Waals surface area contributed by atoms with Crippen molar-refractivity contribution in [2.45, 2.75) is 25.7 Å². The van der Waals surface area contributed by atoms with Crippen molar-refractivity contribution >= 4 is 38.9 Å². The third-order valence-corrected chi connectivity index (χ3v) is 6.30. The molecule has 1 fully saturated rings. The monoisotopic (exact) mass is 367 g/mol. The minimum atomic E-state index is 0.768. The SMILES string of the molecule is c1nc(Nc2ccc(N3CCOCC3)nc2)c2c3c(sc2n1)CCCC3. The van der Waals surface area contributed by atoms with Gasteiger partial charge in [0.1, 0.15) is 22.8 Å². The van der Waals surface area contributed by atoms with Crippen LogP contribution in [-0.2, 0) is 17.6 Å². The largest absolute Gasteiger partial charge is 0.378 e. The zero-order valence-corrected chi connectivity index (χ0v) is 15.4. The van der Waals surface area contributed by atoms with E-state index in [1.165, 1.54) is 35.1 Å². The summed E-state index contributed by atoms with van der Waals surface area (Å²) in [6.07, 6.45) is 8.38. The van der Waals surface area contributed by atoms with Gasteiger partial charge in [0.2, 0.25) is 0 Å². The lowest BCUT2D eigenvalue weighted by molar-refractivity contribution is 0.122. The normalized spacial score (nSPS) is 17.3. The molecule has 0 unspecified atom stereocenters. The second kappa shape index (κ2) is 6.81. The Kier molecular flexibility index (Phi) is 4.18. The third kappa shape index (κ3) is 2.91. The van der Waals surface area contributed by atoms with Crippen LogP contribution in [0.25, 0.3) is 10.2 Å². The van der Waals surface area contributed by atoms with Crippen molar-refractivity contribution in [2.75, 3.05) is 36.5 Å². The van der Waals surface area contributed by atoms with Crippen molar-refractivity contribution in [3.05, 3.63) is 35.1 Å². The molecule has 3 aromatic heterocycles. The molecule has 3 aromatic rings. The van der Waals surface area contributed by atoms with Crippen molar-refractivity contribution in [3.8, 4) is 0 Å². The maximum absolute atomic E-state index is 5.41. The number of aryl methyl sites for hydroxylation is 2. The molecule has 1 saturated heterocycles. The van der Waals surface area contributed by atoms with Crippen LogP contribution in [0.1, 0.15) is 23.3 Å². The van der Waals surface area contributed by atoms with Gasteiger partial charge in [0, 0.05) is 18.0 Å². The van der Waals surface area contributed by atoms with E-state index in [1.807, 2.05) is 17.5 Å². The van der Waals surface area contributed by atoms with Crippen LogP contribution in [0.15, 0.2) is 24.7 Å². The minimum absolute atomic E-state index is 0.768. The quantitative estimate of drug-likeness (QED) is 0.764. The molecule has 0 aromatic carbocycles. The van der Waals surface area contributed by atoms with E-state index in [0.29, 0.717) is 0 Å². The average Bonchev–Trinajstić information content (AvgIpc) is 3.09. The Labute approximate surface area is 156 Å². The van der Waals surface area contributed by atoms with E-state index in [4.69, 9.17) is 4.74 Å². The number of thiophene rings is 1. The van der Waals surface area contributed by atoms with Gasteiger partial charge in [0.25, 0.3) is 0 Å². The van der Waals surface area contributed by atoms with E-state index in [-0.39, 0.29) is 0 Å². The number of ether oxygens (including phenoxy) is 1. The number of hydrogen-bond donors (Lipinski definition) is 1. The highest BCUT2D eigenvalue weighted by atomic mass is 32.1. The predicted octanol–water partition coefficient (Wildman–Crippen LogP) is 3.55. The Hall–Kier alpha value is -2.25. The van der Waals surface area contributed by atoms with Crippen LogP contribution in [0.4, 0.5) is 17.3 Å². The van der Waals surface area contributed by atoms with E-state index in [1.54, 1.807) is 6.33 Å². The van der Waals surface area contributed by atoms with Gasteiger partial charge < -0.3 is 15.0 Å². The Morgan fingerprint density at radius 1 is 1.04 bits per heavy atom. The number of pyridine rings is 1. The van der Waals surface area contributed by atoms with Crippen LogP contribution in [0.2, 0.25) is 0 Å². The Morgan fingerprint density at radius 3 is 2.77 bits per heavy atom. The van der Waals surface area contributed by atoms with Gasteiger partial charge in [-0.2, -0.15) is 0 Å². The molecule has 134 valence electrons. The number of morpholine rings is 1. The summed E-state index contributed by atoms with van der Waals surface area (Å²) in [5.74, 6) is 1.90. The number of nitrogens with zero attached hydrogens (tertiary/aromatic N) is 4. The molecule has 5 rings (SSSR count). The molecular formula is C19H21N5OS. The van der Waals surface area contributed by atoms with E-state index in [2.05, 4.69) is 37.3 Å². The lowest BCUT2D eigenvalue weighted by Gasteiger charge is -2.27. The summed E-state index contributed by atoms with van der Waals surface area (Å²) in [6.45, 7) is 3.33. The predicted molar refractivity (Wildman–Crippen MR) is 105 cm³/mol. The summed E-state index contributed by atoms with van der Waals surface area (Å²) >= 11 is 1.82. The molecule has 0 amide bonds. The lowest BCUT2D eigenvalue weighted by Crippen LogP contribution is -2.36. The molecule has 2 aliphatic rings. The fourth-order valence-electron chi connectivity index (χ4n) is 3.76. The first-order chi connectivity index (χ1) is 12.9. The number of nitrogens with one attached hydrogen (secondary N) is 1. The van der Waals surface area contributed by atoms with Crippen molar-refractivity contribution in [1.82, 2.24) is 15.0 Å². The fraction of sp³-hybridized carbons (Fsp3) is 0.421. The molecule has 7 heteroatoms. The van der Waals surface area contributed by atoms with Gasteiger partial charge in [0.05, 0.1) is 30.5 Å². The summed E-state index contributed by atoms with van der Waals surface area (Å²) in [5.41, 5.74) is 2.40. The van der Waals surface area contributed by atoms with Gasteiger partial charge in [-0.25, -0.2) is 15.0 Å². The zero-order valence-electron chi connectivity index (χ0n) is 14.6.